The number of pyridine rings is 1. The Balaban J connectivity index is 1.20. The molecule has 3 fully saturated rings. The van der Waals surface area contributed by atoms with E-state index in [2.05, 4.69) is 38.9 Å². The lowest BCUT2D eigenvalue weighted by Gasteiger charge is -2.49. The SMILES string of the molecule is CN(C1COC1)C1CN(C(=O)C2CCN(Cc3ccncc3)CC2)C1. The van der Waals surface area contributed by atoms with E-state index in [1.54, 1.807) is 0 Å². The summed E-state index contributed by atoms with van der Waals surface area (Å²) < 4.78 is 5.27. The van der Waals surface area contributed by atoms with E-state index < -0.39 is 0 Å². The quantitative estimate of drug-likeness (QED) is 0.792. The van der Waals surface area contributed by atoms with Crippen molar-refractivity contribution in [3.63, 3.8) is 0 Å². The molecule has 4 rings (SSSR count). The molecule has 1 aromatic rings. The summed E-state index contributed by atoms with van der Waals surface area (Å²) in [7, 11) is 2.16. The number of carbonyl (C=O) groups excluding carboxylic acids is 1. The number of amides is 1. The first kappa shape index (κ1) is 16.9. The van der Waals surface area contributed by atoms with Gasteiger partial charge in [0.05, 0.1) is 19.3 Å². The monoisotopic (exact) mass is 344 g/mol. The van der Waals surface area contributed by atoms with Gasteiger partial charge in [0.1, 0.15) is 0 Å². The number of hydrogen-bond donors (Lipinski definition) is 0. The predicted molar refractivity (Wildman–Crippen MR) is 95.0 cm³/mol. The van der Waals surface area contributed by atoms with E-state index in [4.69, 9.17) is 4.74 Å². The van der Waals surface area contributed by atoms with Crippen molar-refractivity contribution in [1.29, 1.82) is 0 Å². The minimum atomic E-state index is 0.215. The van der Waals surface area contributed by atoms with Crippen LogP contribution in [-0.2, 0) is 16.1 Å². The molecular formula is C19H28N4O2. The van der Waals surface area contributed by atoms with Crippen molar-refractivity contribution in [3.05, 3.63) is 30.1 Å². The number of aromatic nitrogens is 1. The maximum absolute atomic E-state index is 12.7. The molecule has 0 aliphatic carbocycles. The van der Waals surface area contributed by atoms with Crippen LogP contribution in [0, 0.1) is 5.92 Å². The first-order chi connectivity index (χ1) is 12.2. The number of likely N-dealkylation sites (N-methyl/N-ethyl adjacent to an activating group) is 1. The van der Waals surface area contributed by atoms with Crippen LogP contribution in [0.25, 0.3) is 0 Å². The van der Waals surface area contributed by atoms with Gasteiger partial charge >= 0.3 is 0 Å². The highest BCUT2D eigenvalue weighted by atomic mass is 16.5. The van der Waals surface area contributed by atoms with Crippen molar-refractivity contribution in [1.82, 2.24) is 19.7 Å². The Kier molecular flexibility index (Phi) is 5.01. The number of carbonyl (C=O) groups is 1. The summed E-state index contributed by atoms with van der Waals surface area (Å²) in [6, 6.07) is 5.21. The average molecular weight is 344 g/mol. The zero-order valence-corrected chi connectivity index (χ0v) is 15.0. The molecule has 6 nitrogen and oxygen atoms in total. The van der Waals surface area contributed by atoms with E-state index in [1.165, 1.54) is 5.56 Å². The molecule has 3 aliphatic rings. The van der Waals surface area contributed by atoms with Gasteiger partial charge in [0.2, 0.25) is 5.91 Å². The Morgan fingerprint density at radius 2 is 1.88 bits per heavy atom. The van der Waals surface area contributed by atoms with Gasteiger partial charge in [-0.25, -0.2) is 0 Å². The number of rotatable bonds is 5. The molecule has 0 saturated carbocycles. The van der Waals surface area contributed by atoms with Crippen LogP contribution in [0.15, 0.2) is 24.5 Å². The molecule has 0 radical (unpaired) electrons. The van der Waals surface area contributed by atoms with E-state index >= 15 is 0 Å². The van der Waals surface area contributed by atoms with Crippen LogP contribution in [0.3, 0.4) is 0 Å². The summed E-state index contributed by atoms with van der Waals surface area (Å²) in [6.45, 7) is 6.45. The van der Waals surface area contributed by atoms with Crippen molar-refractivity contribution >= 4 is 5.91 Å². The Morgan fingerprint density at radius 3 is 2.48 bits per heavy atom. The van der Waals surface area contributed by atoms with Crippen LogP contribution in [0.2, 0.25) is 0 Å². The van der Waals surface area contributed by atoms with E-state index in [0.717, 1.165) is 58.8 Å². The molecule has 0 atom stereocenters. The third kappa shape index (κ3) is 3.71. The molecule has 6 heteroatoms. The molecule has 3 saturated heterocycles. The highest BCUT2D eigenvalue weighted by molar-refractivity contribution is 5.80. The van der Waals surface area contributed by atoms with E-state index in [0.29, 0.717) is 18.0 Å². The Labute approximate surface area is 149 Å². The van der Waals surface area contributed by atoms with Crippen LogP contribution in [0.5, 0.6) is 0 Å². The van der Waals surface area contributed by atoms with Crippen molar-refractivity contribution in [2.75, 3.05) is 46.4 Å². The molecule has 0 aromatic carbocycles. The summed E-state index contributed by atoms with van der Waals surface area (Å²) in [6.07, 6.45) is 5.66. The molecule has 0 spiro atoms. The van der Waals surface area contributed by atoms with Gasteiger partial charge in [-0.3, -0.25) is 19.6 Å². The second-order valence-electron chi connectivity index (χ2n) is 7.66. The number of hydrogen-bond acceptors (Lipinski definition) is 5. The van der Waals surface area contributed by atoms with Gasteiger partial charge in [-0.15, -0.1) is 0 Å². The molecule has 0 N–H and O–H groups in total. The van der Waals surface area contributed by atoms with Crippen molar-refractivity contribution < 1.29 is 9.53 Å². The normalized spacial score (nSPS) is 23.5. The zero-order valence-electron chi connectivity index (χ0n) is 15.0. The van der Waals surface area contributed by atoms with Gasteiger partial charge in [0.25, 0.3) is 0 Å². The van der Waals surface area contributed by atoms with Crippen LogP contribution in [0.1, 0.15) is 18.4 Å². The highest BCUT2D eigenvalue weighted by Crippen LogP contribution is 2.26. The minimum absolute atomic E-state index is 0.215. The van der Waals surface area contributed by atoms with E-state index in [-0.39, 0.29) is 5.92 Å². The van der Waals surface area contributed by atoms with Crippen molar-refractivity contribution in [2.45, 2.75) is 31.5 Å². The standard InChI is InChI=1S/C19H28N4O2/c1-21(18-13-25-14-18)17-11-23(12-17)19(24)16-4-8-22(9-5-16)10-15-2-6-20-7-3-15/h2-3,6-7,16-18H,4-5,8-14H2,1H3. The molecule has 4 heterocycles. The van der Waals surface area contributed by atoms with E-state index in [9.17, 15) is 4.79 Å². The van der Waals surface area contributed by atoms with Gasteiger partial charge in [0, 0.05) is 44.0 Å². The topological polar surface area (TPSA) is 48.9 Å². The minimum Gasteiger partial charge on any atom is -0.378 e. The number of piperidine rings is 1. The summed E-state index contributed by atoms with van der Waals surface area (Å²) >= 11 is 0. The average Bonchev–Trinajstić information content (AvgIpc) is 2.53. The Morgan fingerprint density at radius 1 is 1.20 bits per heavy atom. The number of ether oxygens (including phenoxy) is 1. The summed E-state index contributed by atoms with van der Waals surface area (Å²) in [5.74, 6) is 0.588. The maximum Gasteiger partial charge on any atom is 0.225 e. The third-order valence-corrected chi connectivity index (χ3v) is 6.04. The molecule has 0 bridgehead atoms. The second kappa shape index (κ2) is 7.40. The smallest absolute Gasteiger partial charge is 0.225 e. The first-order valence-electron chi connectivity index (χ1n) is 9.40. The third-order valence-electron chi connectivity index (χ3n) is 6.04. The van der Waals surface area contributed by atoms with Gasteiger partial charge in [-0.2, -0.15) is 0 Å². The van der Waals surface area contributed by atoms with Crippen LogP contribution in [0.4, 0.5) is 0 Å². The lowest BCUT2D eigenvalue weighted by atomic mass is 9.92. The summed E-state index contributed by atoms with van der Waals surface area (Å²) in [5, 5.41) is 0. The van der Waals surface area contributed by atoms with Crippen LogP contribution >= 0.6 is 0 Å². The number of likely N-dealkylation sites (tertiary alicyclic amines) is 2. The molecule has 1 aromatic heterocycles. The fourth-order valence-electron chi connectivity index (χ4n) is 3.99. The van der Waals surface area contributed by atoms with Gasteiger partial charge in [-0.1, -0.05) is 0 Å². The lowest BCUT2D eigenvalue weighted by molar-refractivity contribution is -0.148. The fraction of sp³-hybridized carbons (Fsp3) is 0.684. The van der Waals surface area contributed by atoms with E-state index in [1.807, 2.05) is 12.4 Å². The Bertz CT molecular complexity index is 578. The summed E-state index contributed by atoms with van der Waals surface area (Å²) in [5.41, 5.74) is 1.30. The first-order valence-corrected chi connectivity index (χ1v) is 9.40. The van der Waals surface area contributed by atoms with Crippen molar-refractivity contribution in [2.24, 2.45) is 5.92 Å². The van der Waals surface area contributed by atoms with Crippen LogP contribution in [-0.4, -0.2) is 84.1 Å². The molecule has 1 amide bonds. The highest BCUT2D eigenvalue weighted by Gasteiger charge is 2.40. The molecule has 0 unspecified atom stereocenters. The molecule has 3 aliphatic heterocycles. The predicted octanol–water partition coefficient (Wildman–Crippen LogP) is 0.835. The number of nitrogens with zero attached hydrogens (tertiary/aromatic N) is 4. The second-order valence-corrected chi connectivity index (χ2v) is 7.66. The molecule has 136 valence electrons. The fourth-order valence-corrected chi connectivity index (χ4v) is 3.99. The largest absolute Gasteiger partial charge is 0.378 e. The van der Waals surface area contributed by atoms with Crippen LogP contribution < -0.4 is 0 Å². The van der Waals surface area contributed by atoms with Gasteiger partial charge < -0.3 is 9.64 Å². The van der Waals surface area contributed by atoms with Gasteiger partial charge in [-0.05, 0) is 50.7 Å². The zero-order chi connectivity index (χ0) is 17.2. The molecule has 25 heavy (non-hydrogen) atoms. The maximum atomic E-state index is 12.7. The lowest BCUT2D eigenvalue weighted by Crippen LogP contribution is -2.65. The Hall–Kier alpha value is -1.50. The molecular weight excluding hydrogens is 316 g/mol. The van der Waals surface area contributed by atoms with Gasteiger partial charge in [0.15, 0.2) is 0 Å². The summed E-state index contributed by atoms with van der Waals surface area (Å²) in [4.78, 5) is 23.7. The van der Waals surface area contributed by atoms with Crippen molar-refractivity contribution in [3.8, 4) is 0 Å².